The van der Waals surface area contributed by atoms with Gasteiger partial charge >= 0.3 is 0 Å². The van der Waals surface area contributed by atoms with Crippen LogP contribution < -0.4 is 5.32 Å². The Morgan fingerprint density at radius 1 is 1.50 bits per heavy atom. The van der Waals surface area contributed by atoms with Crippen molar-refractivity contribution in [2.75, 3.05) is 18.9 Å². The molecule has 1 unspecified atom stereocenters. The van der Waals surface area contributed by atoms with Crippen LogP contribution in [0.15, 0.2) is 24.3 Å². The van der Waals surface area contributed by atoms with Crippen LogP contribution in [0.25, 0.3) is 0 Å². The van der Waals surface area contributed by atoms with E-state index in [-0.39, 0.29) is 17.8 Å². The molecule has 0 heterocycles. The predicted molar refractivity (Wildman–Crippen MR) is 72.0 cm³/mol. The lowest BCUT2D eigenvalue weighted by atomic mass is 10.2. The van der Waals surface area contributed by atoms with Crippen LogP contribution in [0.4, 0.5) is 10.1 Å². The van der Waals surface area contributed by atoms with Crippen molar-refractivity contribution < 1.29 is 9.18 Å². The summed E-state index contributed by atoms with van der Waals surface area (Å²) in [6.45, 7) is 4.63. The molecule has 0 saturated carbocycles. The summed E-state index contributed by atoms with van der Waals surface area (Å²) in [6.07, 6.45) is 2.05. The van der Waals surface area contributed by atoms with E-state index in [1.807, 2.05) is 0 Å². The number of halogens is 1. The molecule has 3 nitrogen and oxygen atoms in total. The normalized spacial score (nSPS) is 12.0. The summed E-state index contributed by atoms with van der Waals surface area (Å²) in [5.74, 6) is -0.285. The molecular formula is C14H21FN2O. The molecule has 1 amide bonds. The van der Waals surface area contributed by atoms with Gasteiger partial charge in [0.15, 0.2) is 0 Å². The third-order valence-corrected chi connectivity index (χ3v) is 2.80. The maximum Gasteiger partial charge on any atom is 0.244 e. The molecular weight excluding hydrogens is 231 g/mol. The minimum atomic E-state index is -0.353. The largest absolute Gasteiger partial charge is 0.374 e. The number of hydrogen-bond donors (Lipinski definition) is 1. The highest BCUT2D eigenvalue weighted by Crippen LogP contribution is 2.11. The Morgan fingerprint density at radius 3 is 2.83 bits per heavy atom. The summed E-state index contributed by atoms with van der Waals surface area (Å²) >= 11 is 0. The van der Waals surface area contributed by atoms with Gasteiger partial charge in [0.05, 0.1) is 0 Å². The van der Waals surface area contributed by atoms with Crippen LogP contribution in [0.3, 0.4) is 0 Å². The molecule has 1 atom stereocenters. The summed E-state index contributed by atoms with van der Waals surface area (Å²) in [4.78, 5) is 13.7. The minimum absolute atomic E-state index is 0.0210. The SMILES string of the molecule is CCCCN(C)C(=O)C(C)Nc1cccc(F)c1. The van der Waals surface area contributed by atoms with Crippen molar-refractivity contribution in [3.05, 3.63) is 30.1 Å². The quantitative estimate of drug-likeness (QED) is 0.844. The zero-order valence-electron chi connectivity index (χ0n) is 11.2. The fourth-order valence-corrected chi connectivity index (χ4v) is 1.73. The summed E-state index contributed by atoms with van der Waals surface area (Å²) in [5.41, 5.74) is 0.625. The third kappa shape index (κ3) is 4.35. The first-order chi connectivity index (χ1) is 8.54. The fourth-order valence-electron chi connectivity index (χ4n) is 1.73. The molecule has 0 spiro atoms. The van der Waals surface area contributed by atoms with Crippen molar-refractivity contribution in [1.82, 2.24) is 4.90 Å². The first-order valence-corrected chi connectivity index (χ1v) is 6.31. The lowest BCUT2D eigenvalue weighted by Crippen LogP contribution is -2.39. The number of unbranched alkanes of at least 4 members (excludes halogenated alkanes) is 1. The molecule has 0 fully saturated rings. The topological polar surface area (TPSA) is 32.3 Å². The second kappa shape index (κ2) is 6.99. The summed E-state index contributed by atoms with van der Waals surface area (Å²) in [5, 5.41) is 3.01. The number of anilines is 1. The number of carbonyl (C=O) groups excluding carboxylic acids is 1. The Kier molecular flexibility index (Phi) is 5.62. The average molecular weight is 252 g/mol. The Hall–Kier alpha value is -1.58. The standard InChI is InChI=1S/C14H21FN2O/c1-4-5-9-17(3)14(18)11(2)16-13-8-6-7-12(15)10-13/h6-8,10-11,16H,4-5,9H2,1-3H3. The number of nitrogens with zero attached hydrogens (tertiary/aromatic N) is 1. The molecule has 0 aliphatic rings. The van der Waals surface area contributed by atoms with Crippen molar-refractivity contribution in [2.24, 2.45) is 0 Å². The zero-order chi connectivity index (χ0) is 13.5. The van der Waals surface area contributed by atoms with E-state index < -0.39 is 0 Å². The summed E-state index contributed by atoms with van der Waals surface area (Å²) in [6, 6.07) is 5.78. The third-order valence-electron chi connectivity index (χ3n) is 2.80. The fraction of sp³-hybridized carbons (Fsp3) is 0.500. The number of benzene rings is 1. The van der Waals surface area contributed by atoms with Crippen molar-refractivity contribution in [3.8, 4) is 0 Å². The number of carbonyl (C=O) groups is 1. The number of nitrogens with one attached hydrogen (secondary N) is 1. The monoisotopic (exact) mass is 252 g/mol. The van der Waals surface area contributed by atoms with Gasteiger partial charge in [0.2, 0.25) is 5.91 Å². The van der Waals surface area contributed by atoms with E-state index in [1.165, 1.54) is 12.1 Å². The highest BCUT2D eigenvalue weighted by molar-refractivity contribution is 5.84. The number of likely N-dealkylation sites (N-methyl/N-ethyl adjacent to an activating group) is 1. The van der Waals surface area contributed by atoms with Gasteiger partial charge in [-0.2, -0.15) is 0 Å². The lowest BCUT2D eigenvalue weighted by molar-refractivity contribution is -0.130. The molecule has 0 aromatic heterocycles. The van der Waals surface area contributed by atoms with Gasteiger partial charge in [-0.1, -0.05) is 19.4 Å². The first-order valence-electron chi connectivity index (χ1n) is 6.31. The number of hydrogen-bond acceptors (Lipinski definition) is 2. The van der Waals surface area contributed by atoms with E-state index in [9.17, 15) is 9.18 Å². The molecule has 0 radical (unpaired) electrons. The van der Waals surface area contributed by atoms with Gasteiger partial charge < -0.3 is 10.2 Å². The Bertz CT molecular complexity index is 395. The van der Waals surface area contributed by atoms with Gasteiger partial charge in [-0.3, -0.25) is 4.79 Å². The maximum absolute atomic E-state index is 13.0. The lowest BCUT2D eigenvalue weighted by Gasteiger charge is -2.22. The molecule has 0 aliphatic carbocycles. The van der Waals surface area contributed by atoms with Gasteiger partial charge in [-0.15, -0.1) is 0 Å². The summed E-state index contributed by atoms with van der Waals surface area (Å²) in [7, 11) is 1.79. The van der Waals surface area contributed by atoms with Crippen molar-refractivity contribution >= 4 is 11.6 Å². The second-order valence-corrected chi connectivity index (χ2v) is 4.49. The van der Waals surface area contributed by atoms with Gasteiger partial charge in [-0.25, -0.2) is 4.39 Å². The molecule has 1 aromatic carbocycles. The van der Waals surface area contributed by atoms with Gasteiger partial charge in [0.25, 0.3) is 0 Å². The first kappa shape index (κ1) is 14.5. The Morgan fingerprint density at radius 2 is 2.22 bits per heavy atom. The van der Waals surface area contributed by atoms with Crippen LogP contribution in [0.5, 0.6) is 0 Å². The average Bonchev–Trinajstić information content (AvgIpc) is 2.35. The van der Waals surface area contributed by atoms with Crippen LogP contribution in [-0.2, 0) is 4.79 Å². The number of rotatable bonds is 6. The molecule has 100 valence electrons. The number of amides is 1. The van der Waals surface area contributed by atoms with E-state index in [0.717, 1.165) is 19.4 Å². The van der Waals surface area contributed by atoms with E-state index in [0.29, 0.717) is 5.69 Å². The Balaban J connectivity index is 2.54. The van der Waals surface area contributed by atoms with Crippen molar-refractivity contribution in [1.29, 1.82) is 0 Å². The smallest absolute Gasteiger partial charge is 0.244 e. The van der Waals surface area contributed by atoms with E-state index in [1.54, 1.807) is 31.0 Å². The predicted octanol–water partition coefficient (Wildman–Crippen LogP) is 2.88. The molecule has 4 heteroatoms. The van der Waals surface area contributed by atoms with Gasteiger partial charge in [0, 0.05) is 19.3 Å². The zero-order valence-corrected chi connectivity index (χ0v) is 11.2. The molecule has 18 heavy (non-hydrogen) atoms. The second-order valence-electron chi connectivity index (χ2n) is 4.49. The molecule has 1 aromatic rings. The van der Waals surface area contributed by atoms with Crippen LogP contribution in [0.1, 0.15) is 26.7 Å². The molecule has 0 bridgehead atoms. The van der Waals surface area contributed by atoms with Gasteiger partial charge in [-0.05, 0) is 31.5 Å². The van der Waals surface area contributed by atoms with Crippen LogP contribution in [0.2, 0.25) is 0 Å². The van der Waals surface area contributed by atoms with Gasteiger partial charge in [0.1, 0.15) is 11.9 Å². The highest BCUT2D eigenvalue weighted by atomic mass is 19.1. The highest BCUT2D eigenvalue weighted by Gasteiger charge is 2.16. The van der Waals surface area contributed by atoms with Crippen LogP contribution in [0, 0.1) is 5.82 Å². The molecule has 0 aliphatic heterocycles. The molecule has 1 rings (SSSR count). The van der Waals surface area contributed by atoms with E-state index in [4.69, 9.17) is 0 Å². The molecule has 0 saturated heterocycles. The van der Waals surface area contributed by atoms with Crippen molar-refractivity contribution in [3.63, 3.8) is 0 Å². The molecule has 1 N–H and O–H groups in total. The summed E-state index contributed by atoms with van der Waals surface area (Å²) < 4.78 is 13.0. The van der Waals surface area contributed by atoms with E-state index in [2.05, 4.69) is 12.2 Å². The Labute approximate surface area is 108 Å². The van der Waals surface area contributed by atoms with E-state index >= 15 is 0 Å². The maximum atomic E-state index is 13.0. The van der Waals surface area contributed by atoms with Crippen LogP contribution in [-0.4, -0.2) is 30.4 Å². The van der Waals surface area contributed by atoms with Crippen molar-refractivity contribution in [2.45, 2.75) is 32.7 Å². The van der Waals surface area contributed by atoms with Crippen LogP contribution >= 0.6 is 0 Å². The minimum Gasteiger partial charge on any atom is -0.374 e.